The van der Waals surface area contributed by atoms with Crippen LogP contribution in [-0.2, 0) is 19.2 Å². The number of allylic oxidation sites excluding steroid dienone is 4. The minimum absolute atomic E-state index is 0. The monoisotopic (exact) mass is 2030 g/mol. The summed E-state index contributed by atoms with van der Waals surface area (Å²) in [5.41, 5.74) is 3.23. The minimum Gasteiger partial charge on any atom is -1.00 e. The van der Waals surface area contributed by atoms with E-state index in [0.717, 1.165) is 84.1 Å². The predicted octanol–water partition coefficient (Wildman–Crippen LogP) is 11.0. The van der Waals surface area contributed by atoms with Gasteiger partial charge in [-0.05, 0) is 241 Å². The fraction of sp³-hybridized carbons (Fsp3) is 0.129. The lowest BCUT2D eigenvalue weighted by molar-refractivity contribution is -0.123. The van der Waals surface area contributed by atoms with Crippen LogP contribution in [0.3, 0.4) is 0 Å². The molecule has 0 aliphatic heterocycles. The van der Waals surface area contributed by atoms with Gasteiger partial charge in [-0.25, -0.2) is 0 Å². The summed E-state index contributed by atoms with van der Waals surface area (Å²) in [4.78, 5) is 51.5. The number of carbonyl (C=O) groups excluding carboxylic acids is 4. The Bertz CT molecular complexity index is 5860. The molecule has 0 aliphatic carbocycles. The number of halogens is 4. The van der Waals surface area contributed by atoms with Crippen LogP contribution in [0.1, 0.15) is 60.8 Å². The highest BCUT2D eigenvalue weighted by Gasteiger charge is 2.49. The minimum atomic E-state index is -1.98. The molecule has 0 aliphatic rings. The summed E-state index contributed by atoms with van der Waals surface area (Å²) in [7, 11) is -4.57. The number of ether oxygens (including phenoxy) is 6. The first-order chi connectivity index (χ1) is 67.9. The van der Waals surface area contributed by atoms with Crippen molar-refractivity contribution in [2.75, 3.05) is 65.3 Å². The molecular formula is C124H116Cl4O10P4. The molecule has 142 heavy (non-hydrogen) atoms. The molecule has 16 rings (SSSR count). The summed E-state index contributed by atoms with van der Waals surface area (Å²) in [6.07, 6.45) is 19.5. The summed E-state index contributed by atoms with van der Waals surface area (Å²) >= 11 is 0. The SMILES string of the molecule is COc1cc(/C=C/C(=O)CC(=O)/C=C/c2ccc(OCCC[P+](c3ccccc3)(c3ccccc3)c3ccccc3)c(OC)c2)ccc1OCCC[P+](c1ccccc1)(c1ccccc1)c1ccccc1.O=C(/C=C/c1ccc(OCCC[P+](c2ccccc2)(c2ccccc2)c2ccccc2)cc1)CC(=O)/C=C/c1ccc(OCCC[P+](c2ccccc2)(c2ccccc2)c2ccccc2)cc1.[Cl-].[Cl-].[Cl-].[Cl-]. The van der Waals surface area contributed by atoms with Gasteiger partial charge in [0.25, 0.3) is 0 Å². The molecule has 0 amide bonds. The zero-order valence-corrected chi connectivity index (χ0v) is 86.2. The molecule has 0 N–H and O–H groups in total. The van der Waals surface area contributed by atoms with E-state index in [0.29, 0.717) is 49.4 Å². The molecule has 10 nitrogen and oxygen atoms in total. The van der Waals surface area contributed by atoms with Gasteiger partial charge >= 0.3 is 0 Å². The molecule has 0 unspecified atom stereocenters. The van der Waals surface area contributed by atoms with Crippen LogP contribution in [0.5, 0.6) is 34.5 Å². The lowest BCUT2D eigenvalue weighted by Gasteiger charge is -2.27. The number of carbonyl (C=O) groups is 4. The van der Waals surface area contributed by atoms with Crippen LogP contribution >= 0.6 is 29.0 Å². The second kappa shape index (κ2) is 56.5. The van der Waals surface area contributed by atoms with E-state index in [1.54, 1.807) is 38.5 Å². The molecule has 0 spiro atoms. The standard InChI is InChI=1S/C63H60O6P2.C61H56O4P2.4ClH/c1-66-62-47-50(37-41-60(62)68-43-21-45-70(54-23-9-3-10-24-54,55-25-11-4-12-26-55)56-27-13-5-14-28-56)35-39-52(64)49-53(65)40-36-51-38-42-61(63(48-51)67-2)69-44-22-46-71(57-29-15-6-16-30-57,58-31-17-7-18-32-58)59-33-19-8-20-34-59;62-52(39-33-50-35-41-54(42-36-50)64-45-19-47-66(56-21-7-1-8-22-56,57-23-9-2-10-24-57)58-25-11-3-12-26-58)49-53(63)40-34-51-37-43-55(44-38-51)65-46-20-48-67(59-27-13-4-14-28-59,60-29-15-5-16-30-60)61-31-17-6-18-32-61;;;;/h3-20,23-42,47-48H,21-22,43-46,49H2,1-2H3;1-18,21-44H,19-20,45-49H2;4*1H/q2*+2;;;;/p-4/b39-35+,40-36+;39-33+,40-34+;;;;. The normalized spacial score (nSPS) is 11.3. The Balaban J connectivity index is 0.000000264. The third kappa shape index (κ3) is 28.6. The molecule has 720 valence electrons. The van der Waals surface area contributed by atoms with E-state index in [2.05, 4.69) is 364 Å². The largest absolute Gasteiger partial charge is 1.00 e. The third-order valence-electron chi connectivity index (χ3n) is 24.6. The van der Waals surface area contributed by atoms with Crippen molar-refractivity contribution in [3.05, 3.63) is 495 Å². The summed E-state index contributed by atoms with van der Waals surface area (Å²) in [6.45, 7) is 2.16. The van der Waals surface area contributed by atoms with Crippen LogP contribution in [0.2, 0.25) is 0 Å². The smallest absolute Gasteiger partial charge is 0.163 e. The second-order valence-corrected chi connectivity index (χ2v) is 47.9. The quantitative estimate of drug-likeness (QED) is 0.0158. The first kappa shape index (κ1) is 109. The Labute approximate surface area is 864 Å². The molecule has 0 saturated carbocycles. The van der Waals surface area contributed by atoms with E-state index < -0.39 is 29.0 Å². The average Bonchev–Trinajstić information content (AvgIpc) is 0.771. The second-order valence-electron chi connectivity index (χ2n) is 33.5. The number of hydrogen-bond donors (Lipinski definition) is 0. The van der Waals surface area contributed by atoms with Gasteiger partial charge in [0.2, 0.25) is 0 Å². The molecule has 0 fully saturated rings. The Morgan fingerprint density at radius 2 is 0.373 bits per heavy atom. The lowest BCUT2D eigenvalue weighted by atomic mass is 10.1. The van der Waals surface area contributed by atoms with E-state index in [1.807, 2.05) is 84.9 Å². The Morgan fingerprint density at radius 3 is 0.556 bits per heavy atom. The number of benzene rings is 16. The molecule has 16 aromatic rings. The molecule has 0 atom stereocenters. The van der Waals surface area contributed by atoms with E-state index in [1.165, 1.54) is 88.0 Å². The summed E-state index contributed by atoms with van der Waals surface area (Å²) < 4.78 is 36.7. The average molecular weight is 2030 g/mol. The van der Waals surface area contributed by atoms with Gasteiger partial charge in [0.1, 0.15) is 104 Å². The molecule has 18 heteroatoms. The van der Waals surface area contributed by atoms with Gasteiger partial charge in [-0.15, -0.1) is 0 Å². The van der Waals surface area contributed by atoms with Gasteiger partial charge in [0, 0.05) is 25.7 Å². The van der Waals surface area contributed by atoms with Crippen molar-refractivity contribution in [2.24, 2.45) is 0 Å². The van der Waals surface area contributed by atoms with Gasteiger partial charge < -0.3 is 78.0 Å². The number of ketones is 4. The van der Waals surface area contributed by atoms with Gasteiger partial charge in [0.15, 0.2) is 46.1 Å². The van der Waals surface area contributed by atoms with Crippen molar-refractivity contribution in [1.82, 2.24) is 0 Å². The number of rotatable bonds is 46. The van der Waals surface area contributed by atoms with Crippen LogP contribution in [-0.4, -0.2) is 88.4 Å². The third-order valence-corrected chi connectivity index (χ3v) is 42.8. The molecule has 0 bridgehead atoms. The Morgan fingerprint density at radius 1 is 0.204 bits per heavy atom. The van der Waals surface area contributed by atoms with Gasteiger partial charge in [-0.3, -0.25) is 19.2 Å². The predicted molar refractivity (Wildman–Crippen MR) is 585 cm³/mol. The summed E-state index contributed by atoms with van der Waals surface area (Å²) in [5.74, 6) is 2.84. The van der Waals surface area contributed by atoms with E-state index >= 15 is 0 Å². The van der Waals surface area contributed by atoms with Gasteiger partial charge in [-0.1, -0.05) is 279 Å². The zero-order chi connectivity index (χ0) is 95.1. The Hall–Kier alpha value is -13.2. The highest BCUT2D eigenvalue weighted by Crippen LogP contribution is 2.59. The topological polar surface area (TPSA) is 124 Å². The molecule has 0 radical (unpaired) electrons. The number of methoxy groups -OCH3 is 2. The van der Waals surface area contributed by atoms with Crippen molar-refractivity contribution in [3.63, 3.8) is 0 Å². The van der Waals surface area contributed by atoms with Crippen molar-refractivity contribution in [1.29, 1.82) is 0 Å². The maximum absolute atomic E-state index is 13.0. The van der Waals surface area contributed by atoms with Crippen LogP contribution in [0.25, 0.3) is 24.3 Å². The van der Waals surface area contributed by atoms with Gasteiger partial charge in [0.05, 0.1) is 78.1 Å². The van der Waals surface area contributed by atoms with Crippen molar-refractivity contribution in [3.8, 4) is 34.5 Å². The molecule has 16 aromatic carbocycles. The van der Waals surface area contributed by atoms with Crippen LogP contribution in [0.15, 0.2) is 473 Å². The highest BCUT2D eigenvalue weighted by molar-refractivity contribution is 7.97. The fourth-order valence-electron chi connectivity index (χ4n) is 18.0. The summed E-state index contributed by atoms with van der Waals surface area (Å²) in [5, 5.41) is 16.2. The molecular weight excluding hydrogens is 1920 g/mol. The van der Waals surface area contributed by atoms with E-state index in [9.17, 15) is 19.2 Å². The zero-order valence-electron chi connectivity index (χ0n) is 79.6. The van der Waals surface area contributed by atoms with Crippen molar-refractivity contribution >= 4 is 140 Å². The highest BCUT2D eigenvalue weighted by atomic mass is 35.5. The van der Waals surface area contributed by atoms with Crippen molar-refractivity contribution < 1.29 is 97.2 Å². The van der Waals surface area contributed by atoms with Crippen LogP contribution in [0.4, 0.5) is 0 Å². The molecule has 0 saturated heterocycles. The maximum atomic E-state index is 13.0. The lowest BCUT2D eigenvalue weighted by Crippen LogP contribution is -3.00. The van der Waals surface area contributed by atoms with Crippen LogP contribution < -0.4 is 142 Å². The maximum Gasteiger partial charge on any atom is 0.163 e. The molecule has 0 heterocycles. The first-order valence-electron chi connectivity index (χ1n) is 47.1. The van der Waals surface area contributed by atoms with Crippen LogP contribution in [0, 0.1) is 0 Å². The van der Waals surface area contributed by atoms with Gasteiger partial charge in [-0.2, -0.15) is 0 Å². The van der Waals surface area contributed by atoms with E-state index in [-0.39, 0.29) is 85.6 Å². The molecule has 0 aromatic heterocycles. The van der Waals surface area contributed by atoms with Crippen molar-refractivity contribution in [2.45, 2.75) is 38.5 Å². The first-order valence-corrected chi connectivity index (χ1v) is 55.0. The fourth-order valence-corrected chi connectivity index (χ4v) is 35.2. The summed E-state index contributed by atoms with van der Waals surface area (Å²) in [6, 6.07) is 157. The van der Waals surface area contributed by atoms with E-state index in [4.69, 9.17) is 28.4 Å². The number of hydrogen-bond acceptors (Lipinski definition) is 10. The Kier molecular flexibility index (Phi) is 43.4.